The van der Waals surface area contributed by atoms with E-state index in [1.165, 1.54) is 60.9 Å². The lowest BCUT2D eigenvalue weighted by molar-refractivity contribution is -0.248. The van der Waals surface area contributed by atoms with Crippen LogP contribution in [-0.2, 0) is 83.8 Å². The molecule has 16 nitrogen and oxygen atoms in total. The van der Waals surface area contributed by atoms with Crippen LogP contribution in [0.3, 0.4) is 0 Å². The molecule has 80 heavy (non-hydrogen) atoms. The summed E-state index contributed by atoms with van der Waals surface area (Å²) in [7, 11) is 0. The number of carbonyl (C=O) groups excluding carboxylic acids is 2. The van der Waals surface area contributed by atoms with Crippen molar-refractivity contribution in [2.75, 3.05) is 52.9 Å². The SMILES string of the molecule is C=COCCCCOc1c(/C=C/C(=O)Oc2ccc3cc(OC(=O)/C=C/c4ccc(CCCCOOC=C)c(CCCCOOC=C)c4CCCCOOC=C)ccc3c2)ccc(CCCCOOC=C)c1OCCCCOC=C. The van der Waals surface area contributed by atoms with Crippen LogP contribution in [0.1, 0.15) is 110 Å². The van der Waals surface area contributed by atoms with Gasteiger partial charge in [-0.25, -0.2) is 9.59 Å². The average Bonchev–Trinajstić information content (AvgIpc) is 3.46. The zero-order valence-corrected chi connectivity index (χ0v) is 46.3. The normalized spacial score (nSPS) is 10.9. The molecule has 0 saturated heterocycles. The number of unbranched alkanes of at least 4 members (excludes halogenated alkanes) is 6. The molecule has 0 spiro atoms. The van der Waals surface area contributed by atoms with Crippen LogP contribution < -0.4 is 18.9 Å². The van der Waals surface area contributed by atoms with Gasteiger partial charge in [0.05, 0.1) is 65.4 Å². The quantitative estimate of drug-likeness (QED) is 0.00780. The summed E-state index contributed by atoms with van der Waals surface area (Å²) >= 11 is 0. The van der Waals surface area contributed by atoms with Gasteiger partial charge in [-0.2, -0.15) is 19.6 Å². The summed E-state index contributed by atoms with van der Waals surface area (Å²) in [6.45, 7) is 24.8. The number of rotatable bonds is 48. The van der Waals surface area contributed by atoms with Crippen LogP contribution in [0.15, 0.2) is 150 Å². The van der Waals surface area contributed by atoms with Crippen molar-refractivity contribution in [2.24, 2.45) is 0 Å². The van der Waals surface area contributed by atoms with Gasteiger partial charge in [-0.1, -0.05) is 75.9 Å². The minimum absolute atomic E-state index is 0.335. The van der Waals surface area contributed by atoms with Crippen LogP contribution in [0.25, 0.3) is 22.9 Å². The number of hydrogen-bond acceptors (Lipinski definition) is 16. The maximum Gasteiger partial charge on any atom is 0.336 e. The average molecular weight is 1110 g/mol. The van der Waals surface area contributed by atoms with Crippen molar-refractivity contribution in [3.63, 3.8) is 0 Å². The first-order valence-electron chi connectivity index (χ1n) is 27.3. The largest absolute Gasteiger partial charge is 0.502 e. The van der Waals surface area contributed by atoms with Crippen LogP contribution in [0, 0.1) is 0 Å². The first kappa shape index (κ1) is 64.8. The van der Waals surface area contributed by atoms with Crippen molar-refractivity contribution in [2.45, 2.75) is 103 Å². The molecule has 0 amide bonds. The van der Waals surface area contributed by atoms with E-state index in [-0.39, 0.29) is 0 Å². The van der Waals surface area contributed by atoms with E-state index in [1.807, 2.05) is 18.2 Å². The Labute approximate surface area is 472 Å². The molecule has 0 bridgehead atoms. The Hall–Kier alpha value is -7.76. The van der Waals surface area contributed by atoms with E-state index in [0.29, 0.717) is 94.3 Å². The Morgan fingerprint density at radius 1 is 0.375 bits per heavy atom. The number of carbonyl (C=O) groups is 2. The lowest BCUT2D eigenvalue weighted by Gasteiger charge is -2.19. The number of fused-ring (bicyclic) bond motifs is 1. The van der Waals surface area contributed by atoms with Crippen molar-refractivity contribution in [1.82, 2.24) is 0 Å². The highest BCUT2D eigenvalue weighted by Gasteiger charge is 2.18. The molecule has 0 atom stereocenters. The summed E-state index contributed by atoms with van der Waals surface area (Å²) in [5.41, 5.74) is 6.13. The lowest BCUT2D eigenvalue weighted by atomic mass is 9.87. The van der Waals surface area contributed by atoms with E-state index in [1.54, 1.807) is 42.5 Å². The van der Waals surface area contributed by atoms with Crippen molar-refractivity contribution in [3.8, 4) is 23.0 Å². The topological polar surface area (TPSA) is 163 Å². The molecule has 0 heterocycles. The predicted molar refractivity (Wildman–Crippen MR) is 309 cm³/mol. The highest BCUT2D eigenvalue weighted by Crippen LogP contribution is 2.38. The number of hydrogen-bond donors (Lipinski definition) is 0. The summed E-state index contributed by atoms with van der Waals surface area (Å²) in [5.74, 6) is 0.697. The zero-order chi connectivity index (χ0) is 57.1. The van der Waals surface area contributed by atoms with Crippen LogP contribution in [0.5, 0.6) is 23.0 Å². The van der Waals surface area contributed by atoms with Gasteiger partial charge in [-0.15, -0.1) is 0 Å². The Bertz CT molecular complexity index is 2390. The van der Waals surface area contributed by atoms with Crippen molar-refractivity contribution in [1.29, 1.82) is 0 Å². The maximum absolute atomic E-state index is 13.4. The van der Waals surface area contributed by atoms with Gasteiger partial charge in [0.25, 0.3) is 0 Å². The molecule has 0 radical (unpaired) electrons. The highest BCUT2D eigenvalue weighted by molar-refractivity contribution is 5.92. The van der Waals surface area contributed by atoms with Gasteiger partial charge in [0.2, 0.25) is 0 Å². The van der Waals surface area contributed by atoms with Crippen molar-refractivity contribution in [3.05, 3.63) is 183 Å². The molecular weight excluding hydrogens is 1020 g/mol. The number of benzene rings is 4. The van der Waals surface area contributed by atoms with Gasteiger partial charge in [0.15, 0.2) is 11.5 Å². The Morgan fingerprint density at radius 3 is 1.26 bits per heavy atom. The first-order valence-corrected chi connectivity index (χ1v) is 27.3. The molecule has 432 valence electrons. The fraction of sp³-hybridized carbons (Fsp3) is 0.375. The van der Waals surface area contributed by atoms with E-state index in [0.717, 1.165) is 117 Å². The Morgan fingerprint density at radius 2 is 0.775 bits per heavy atom. The number of esters is 2. The third kappa shape index (κ3) is 25.8. The summed E-state index contributed by atoms with van der Waals surface area (Å²) in [5, 5.41) is 1.55. The lowest BCUT2D eigenvalue weighted by Crippen LogP contribution is -2.08. The highest BCUT2D eigenvalue weighted by atomic mass is 17.2. The number of aryl methyl sites for hydroxylation is 2. The molecular formula is C64H80O16. The van der Waals surface area contributed by atoms with Gasteiger partial charge >= 0.3 is 11.9 Å². The predicted octanol–water partition coefficient (Wildman–Crippen LogP) is 14.4. The molecule has 4 aromatic carbocycles. The van der Waals surface area contributed by atoms with Gasteiger partial charge in [0.1, 0.15) is 36.5 Å². The molecule has 0 aliphatic carbocycles. The Kier molecular flexibility index (Phi) is 33.4. The Balaban J connectivity index is 1.50. The van der Waals surface area contributed by atoms with Gasteiger partial charge in [-0.3, -0.25) is 0 Å². The monoisotopic (exact) mass is 1100 g/mol. The summed E-state index contributed by atoms with van der Waals surface area (Å²) < 4.78 is 35.1. The standard InChI is InChI=1S/C64H80O16/c1-7-67-41-21-23-43-69-63-53(26-14-18-46-76-72-10-4)31-32-54(64(63)70-44-24-22-42-68-8-2)36-40-62(66)80-58-38-34-55-49-57(37-33-56(55)50-58)79-61(65)39-35-52-30-29-51(25-13-17-45-75-71-9-3)59(27-15-19-47-77-73-11-5)60(52)28-16-20-48-78-74-12-6/h7-12,29-40,49-50H,1-6,13-28,41-48H2/b39-35+,40-36+. The van der Waals surface area contributed by atoms with Crippen molar-refractivity contribution < 1.29 is 77.1 Å². The minimum Gasteiger partial charge on any atom is -0.502 e. The molecule has 4 rings (SSSR count). The summed E-state index contributed by atoms with van der Waals surface area (Å²) in [6.07, 6.45) is 26.6. The van der Waals surface area contributed by atoms with Crippen LogP contribution in [0.4, 0.5) is 0 Å². The second-order valence-corrected chi connectivity index (χ2v) is 17.8. The zero-order valence-electron chi connectivity index (χ0n) is 46.3. The van der Waals surface area contributed by atoms with Crippen molar-refractivity contribution >= 4 is 34.9 Å². The molecule has 0 saturated carbocycles. The summed E-state index contributed by atoms with van der Waals surface area (Å²) in [6, 6.07) is 18.6. The van der Waals surface area contributed by atoms with Gasteiger partial charge in [-0.05, 0) is 178 Å². The fourth-order valence-electron chi connectivity index (χ4n) is 8.31. The van der Waals surface area contributed by atoms with E-state index >= 15 is 0 Å². The van der Waals surface area contributed by atoms with Crippen LogP contribution >= 0.6 is 0 Å². The first-order chi connectivity index (χ1) is 39.3. The van der Waals surface area contributed by atoms with E-state index < -0.39 is 11.9 Å². The van der Waals surface area contributed by atoms with Crippen LogP contribution in [0.2, 0.25) is 0 Å². The van der Waals surface area contributed by atoms with E-state index in [2.05, 4.69) is 51.6 Å². The molecule has 0 aliphatic rings. The molecule has 0 fully saturated rings. The molecule has 16 heteroatoms. The number of ether oxygens (including phenoxy) is 6. The minimum atomic E-state index is -0.591. The third-order valence-corrected chi connectivity index (χ3v) is 12.0. The molecule has 0 aromatic heterocycles. The second kappa shape index (κ2) is 41.3. The van der Waals surface area contributed by atoms with Gasteiger partial charge in [0, 0.05) is 17.7 Å². The molecule has 0 aliphatic heterocycles. The molecule has 4 aromatic rings. The third-order valence-electron chi connectivity index (χ3n) is 12.0. The van der Waals surface area contributed by atoms with Gasteiger partial charge < -0.3 is 48.0 Å². The smallest absolute Gasteiger partial charge is 0.336 e. The van der Waals surface area contributed by atoms with E-state index in [9.17, 15) is 9.59 Å². The summed E-state index contributed by atoms with van der Waals surface area (Å²) in [4.78, 5) is 66.9. The van der Waals surface area contributed by atoms with E-state index in [4.69, 9.17) is 67.5 Å². The molecule has 0 unspecified atom stereocenters. The second-order valence-electron chi connectivity index (χ2n) is 17.8. The van der Waals surface area contributed by atoms with Crippen LogP contribution in [-0.4, -0.2) is 64.8 Å². The molecule has 0 N–H and O–H groups in total. The fourth-order valence-corrected chi connectivity index (χ4v) is 8.31. The maximum atomic E-state index is 13.4.